The second-order valence-electron chi connectivity index (χ2n) is 5.47. The van der Waals surface area contributed by atoms with Crippen molar-refractivity contribution in [1.82, 2.24) is 5.32 Å². The van der Waals surface area contributed by atoms with Crippen molar-refractivity contribution in [3.63, 3.8) is 0 Å². The second-order valence-corrected chi connectivity index (χ2v) is 6.70. The quantitative estimate of drug-likeness (QED) is 0.606. The Morgan fingerprint density at radius 3 is 2.65 bits per heavy atom. The van der Waals surface area contributed by atoms with Crippen LogP contribution in [0.2, 0.25) is 0 Å². The number of nitro benzene ring substituents is 1. The highest BCUT2D eigenvalue weighted by Crippen LogP contribution is 2.27. The van der Waals surface area contributed by atoms with E-state index in [4.69, 9.17) is 0 Å². The van der Waals surface area contributed by atoms with Crippen molar-refractivity contribution >= 4 is 29.3 Å². The van der Waals surface area contributed by atoms with E-state index in [1.54, 1.807) is 23.9 Å². The minimum Gasteiger partial charge on any atom is -0.480 e. The molecule has 0 unspecified atom stereocenters. The smallest absolute Gasteiger partial charge is 0.329 e. The van der Waals surface area contributed by atoms with Gasteiger partial charge in [-0.1, -0.05) is 12.1 Å². The molecule has 1 heterocycles. The third-order valence-corrected chi connectivity index (χ3v) is 4.88. The number of carboxylic acids is 1. The number of amides is 1. The molecule has 124 valence electrons. The normalized spacial score (nSPS) is 16.5. The molecule has 1 saturated heterocycles. The van der Waals surface area contributed by atoms with Gasteiger partial charge in [0.25, 0.3) is 5.69 Å². The van der Waals surface area contributed by atoms with Gasteiger partial charge in [-0.2, -0.15) is 11.8 Å². The second kappa shape index (κ2) is 7.45. The molecule has 8 heteroatoms. The molecule has 1 aliphatic rings. The van der Waals surface area contributed by atoms with E-state index < -0.39 is 16.4 Å². The number of thioether (sulfide) groups is 1. The fourth-order valence-corrected chi connectivity index (χ4v) is 3.71. The zero-order chi connectivity index (χ0) is 16.9. The number of hydrogen-bond acceptors (Lipinski definition) is 5. The van der Waals surface area contributed by atoms with Crippen LogP contribution in [-0.2, 0) is 16.0 Å². The molecule has 23 heavy (non-hydrogen) atoms. The highest BCUT2D eigenvalue weighted by molar-refractivity contribution is 7.99. The Kier molecular flexibility index (Phi) is 5.59. The van der Waals surface area contributed by atoms with Crippen LogP contribution >= 0.6 is 11.8 Å². The number of nitrogens with one attached hydrogen (secondary N) is 1. The zero-order valence-corrected chi connectivity index (χ0v) is 13.3. The maximum Gasteiger partial charge on any atom is 0.329 e. The van der Waals surface area contributed by atoms with E-state index in [9.17, 15) is 24.8 Å². The number of non-ortho nitro benzene ring substituents is 1. The fraction of sp³-hybridized carbons (Fsp3) is 0.467. The highest BCUT2D eigenvalue weighted by Gasteiger charge is 2.41. The lowest BCUT2D eigenvalue weighted by atomic mass is 9.92. The number of carbonyl (C=O) groups is 2. The average molecular weight is 338 g/mol. The summed E-state index contributed by atoms with van der Waals surface area (Å²) >= 11 is 1.68. The first-order chi connectivity index (χ1) is 10.9. The minimum atomic E-state index is -1.18. The third-order valence-electron chi connectivity index (χ3n) is 3.90. The number of rotatable bonds is 6. The predicted molar refractivity (Wildman–Crippen MR) is 86.5 cm³/mol. The van der Waals surface area contributed by atoms with Gasteiger partial charge in [0.1, 0.15) is 5.54 Å². The molecule has 0 radical (unpaired) electrons. The third kappa shape index (κ3) is 4.44. The summed E-state index contributed by atoms with van der Waals surface area (Å²) in [5.74, 6) is 0.0712. The Hall–Kier alpha value is -2.09. The number of carboxylic acid groups (broad SMARTS) is 1. The van der Waals surface area contributed by atoms with Crippen LogP contribution in [0.3, 0.4) is 0 Å². The van der Waals surface area contributed by atoms with Crippen LogP contribution in [0.25, 0.3) is 0 Å². The first-order valence-corrected chi connectivity index (χ1v) is 8.44. The van der Waals surface area contributed by atoms with Crippen molar-refractivity contribution in [2.45, 2.75) is 31.2 Å². The Balaban J connectivity index is 1.95. The lowest BCUT2D eigenvalue weighted by Crippen LogP contribution is -2.56. The molecule has 1 fully saturated rings. The average Bonchev–Trinajstić information content (AvgIpc) is 2.54. The molecule has 0 aromatic heterocycles. The van der Waals surface area contributed by atoms with Gasteiger partial charge in [0.15, 0.2) is 0 Å². The first-order valence-electron chi connectivity index (χ1n) is 7.28. The fourth-order valence-electron chi connectivity index (χ4n) is 2.52. The molecule has 0 atom stereocenters. The maximum atomic E-state index is 12.1. The van der Waals surface area contributed by atoms with E-state index >= 15 is 0 Å². The molecule has 7 nitrogen and oxygen atoms in total. The van der Waals surface area contributed by atoms with E-state index in [1.165, 1.54) is 12.1 Å². The lowest BCUT2D eigenvalue weighted by molar-refractivity contribution is -0.384. The summed E-state index contributed by atoms with van der Waals surface area (Å²) in [6.45, 7) is 0. The Morgan fingerprint density at radius 1 is 1.35 bits per heavy atom. The molecule has 2 rings (SSSR count). The van der Waals surface area contributed by atoms with Gasteiger partial charge >= 0.3 is 5.97 Å². The topological polar surface area (TPSA) is 110 Å². The van der Waals surface area contributed by atoms with Crippen molar-refractivity contribution in [1.29, 1.82) is 0 Å². The monoisotopic (exact) mass is 338 g/mol. The number of nitro groups is 1. The molecular weight excluding hydrogens is 320 g/mol. The van der Waals surface area contributed by atoms with Gasteiger partial charge in [-0.05, 0) is 36.3 Å². The molecular formula is C15H18N2O5S. The van der Waals surface area contributed by atoms with Crippen LogP contribution in [-0.4, -0.2) is 39.0 Å². The molecule has 1 amide bonds. The SMILES string of the molecule is O=C(CCc1cccc([N+](=O)[O-])c1)NC1(C(=O)O)CCSCC1. The number of benzene rings is 1. The van der Waals surface area contributed by atoms with Crippen LogP contribution in [0.1, 0.15) is 24.8 Å². The molecule has 0 aliphatic carbocycles. The maximum absolute atomic E-state index is 12.1. The summed E-state index contributed by atoms with van der Waals surface area (Å²) < 4.78 is 0. The lowest BCUT2D eigenvalue weighted by Gasteiger charge is -2.33. The predicted octanol–water partition coefficient (Wildman–Crippen LogP) is 1.99. The molecule has 2 N–H and O–H groups in total. The van der Waals surface area contributed by atoms with Gasteiger partial charge in [-0.25, -0.2) is 4.79 Å². The Bertz CT molecular complexity index is 614. The number of aryl methyl sites for hydroxylation is 1. The molecule has 0 saturated carbocycles. The van der Waals surface area contributed by atoms with Crippen molar-refractivity contribution in [2.24, 2.45) is 0 Å². The summed E-state index contributed by atoms with van der Waals surface area (Å²) in [6, 6.07) is 6.10. The van der Waals surface area contributed by atoms with Crippen LogP contribution in [0.15, 0.2) is 24.3 Å². The molecule has 0 spiro atoms. The van der Waals surface area contributed by atoms with Crippen molar-refractivity contribution in [2.75, 3.05) is 11.5 Å². The van der Waals surface area contributed by atoms with Gasteiger partial charge in [0.2, 0.25) is 5.91 Å². The van der Waals surface area contributed by atoms with Crippen molar-refractivity contribution < 1.29 is 19.6 Å². The molecule has 1 aromatic rings. The summed E-state index contributed by atoms with van der Waals surface area (Å²) in [6.07, 6.45) is 1.26. The standard InChI is InChI=1S/C15H18N2O5S/c18-13(16-15(14(19)20)6-8-23-9-7-15)5-4-11-2-1-3-12(10-11)17(21)22/h1-3,10H,4-9H2,(H,16,18)(H,19,20). The van der Waals surface area contributed by atoms with Crippen LogP contribution < -0.4 is 5.32 Å². The molecule has 1 aliphatic heterocycles. The summed E-state index contributed by atoms with van der Waals surface area (Å²) in [5.41, 5.74) is -0.516. The van der Waals surface area contributed by atoms with Gasteiger partial charge in [0.05, 0.1) is 4.92 Å². The Morgan fingerprint density at radius 2 is 2.04 bits per heavy atom. The van der Waals surface area contributed by atoms with Gasteiger partial charge in [-0.3, -0.25) is 14.9 Å². The summed E-state index contributed by atoms with van der Waals surface area (Å²) in [4.78, 5) is 33.9. The number of hydrogen-bond donors (Lipinski definition) is 2. The van der Waals surface area contributed by atoms with Crippen LogP contribution in [0.4, 0.5) is 5.69 Å². The first kappa shape index (κ1) is 17.3. The summed E-state index contributed by atoms with van der Waals surface area (Å²) in [5, 5.41) is 22.8. The summed E-state index contributed by atoms with van der Waals surface area (Å²) in [7, 11) is 0. The number of carbonyl (C=O) groups excluding carboxylic acids is 1. The van der Waals surface area contributed by atoms with E-state index in [2.05, 4.69) is 5.32 Å². The minimum absolute atomic E-state index is 0.0192. The van der Waals surface area contributed by atoms with E-state index in [0.29, 0.717) is 36.3 Å². The number of aliphatic carboxylic acids is 1. The van der Waals surface area contributed by atoms with E-state index in [-0.39, 0.29) is 18.0 Å². The Labute approximate surface area is 137 Å². The molecule has 0 bridgehead atoms. The van der Waals surface area contributed by atoms with Gasteiger partial charge in [0, 0.05) is 18.6 Å². The molecule has 1 aromatic carbocycles. The van der Waals surface area contributed by atoms with Gasteiger partial charge in [-0.15, -0.1) is 0 Å². The van der Waals surface area contributed by atoms with Gasteiger partial charge < -0.3 is 10.4 Å². The largest absolute Gasteiger partial charge is 0.480 e. The van der Waals surface area contributed by atoms with Crippen molar-refractivity contribution in [3.8, 4) is 0 Å². The van der Waals surface area contributed by atoms with Crippen LogP contribution in [0, 0.1) is 10.1 Å². The van der Waals surface area contributed by atoms with E-state index in [1.807, 2.05) is 0 Å². The highest BCUT2D eigenvalue weighted by atomic mass is 32.2. The van der Waals surface area contributed by atoms with Crippen LogP contribution in [0.5, 0.6) is 0 Å². The van der Waals surface area contributed by atoms with E-state index in [0.717, 1.165) is 0 Å². The zero-order valence-electron chi connectivity index (χ0n) is 12.5. The number of nitrogens with zero attached hydrogens (tertiary/aromatic N) is 1. The van der Waals surface area contributed by atoms with Crippen molar-refractivity contribution in [3.05, 3.63) is 39.9 Å².